The summed E-state index contributed by atoms with van der Waals surface area (Å²) in [6, 6.07) is 16.4. The number of hydrogen-bond donors (Lipinski definition) is 1. The Balaban J connectivity index is 2.12. The lowest BCUT2D eigenvalue weighted by atomic mass is 10.2. The average Bonchev–Trinajstić information content (AvgIpc) is 2.79. The van der Waals surface area contributed by atoms with E-state index in [0.717, 1.165) is 11.0 Å². The van der Waals surface area contributed by atoms with Crippen LogP contribution in [0.15, 0.2) is 60.7 Å². The Hall–Kier alpha value is -2.55. The minimum absolute atomic E-state index is 0.242. The number of rotatable bonds is 4. The van der Waals surface area contributed by atoms with Crippen LogP contribution in [0, 0.1) is 0 Å². The van der Waals surface area contributed by atoms with Crippen molar-refractivity contribution in [2.75, 3.05) is 0 Å². The first kappa shape index (κ1) is 12.5. The number of carboxylic acids is 1. The second-order valence-electron chi connectivity index (χ2n) is 4.84. The van der Waals surface area contributed by atoms with E-state index in [2.05, 4.69) is 35.4 Å². The lowest BCUT2D eigenvalue weighted by molar-refractivity contribution is -0.132. The number of benzene rings is 2. The van der Waals surface area contributed by atoms with Gasteiger partial charge in [-0.25, -0.2) is 4.79 Å². The van der Waals surface area contributed by atoms with Crippen molar-refractivity contribution < 1.29 is 9.90 Å². The molecule has 0 atom stereocenters. The predicted molar refractivity (Wildman–Crippen MR) is 80.8 cm³/mol. The van der Waals surface area contributed by atoms with Crippen LogP contribution in [0.2, 0.25) is 0 Å². The minimum atomic E-state index is -0.925. The molecule has 1 heterocycles. The summed E-state index contributed by atoms with van der Waals surface area (Å²) < 4.78 is 2.17. The molecule has 100 valence electrons. The molecule has 0 saturated heterocycles. The first-order valence-corrected chi connectivity index (χ1v) is 6.55. The fraction of sp³-hybridized carbons (Fsp3) is 0.118. The van der Waals surface area contributed by atoms with Gasteiger partial charge >= 0.3 is 5.97 Å². The molecule has 0 fully saturated rings. The predicted octanol–water partition coefficient (Wildman–Crippen LogP) is 3.83. The number of aromatic nitrogens is 1. The molecule has 0 unspecified atom stereocenters. The molecule has 2 aromatic carbocycles. The van der Waals surface area contributed by atoms with Crippen LogP contribution in [0.4, 0.5) is 0 Å². The van der Waals surface area contributed by atoms with Crippen molar-refractivity contribution >= 4 is 27.8 Å². The highest BCUT2D eigenvalue weighted by molar-refractivity contribution is 6.07. The van der Waals surface area contributed by atoms with Crippen LogP contribution in [-0.4, -0.2) is 15.6 Å². The molecular formula is C17H15NO2. The number of fused-ring (bicyclic) bond motifs is 3. The molecule has 1 N–H and O–H groups in total. The number of hydrogen-bond acceptors (Lipinski definition) is 1. The molecule has 3 rings (SSSR count). The van der Waals surface area contributed by atoms with E-state index in [1.807, 2.05) is 24.3 Å². The number of nitrogens with zero attached hydrogens (tertiary/aromatic N) is 1. The molecule has 3 nitrogen and oxygen atoms in total. The van der Waals surface area contributed by atoms with E-state index in [1.54, 1.807) is 0 Å². The first-order valence-electron chi connectivity index (χ1n) is 6.55. The van der Waals surface area contributed by atoms with Gasteiger partial charge in [-0.15, -0.1) is 0 Å². The van der Waals surface area contributed by atoms with Crippen LogP contribution < -0.4 is 0 Å². The van der Waals surface area contributed by atoms with E-state index in [-0.39, 0.29) is 5.57 Å². The highest BCUT2D eigenvalue weighted by Gasteiger charge is 2.11. The Bertz CT molecular complexity index is 761. The molecule has 0 saturated carbocycles. The van der Waals surface area contributed by atoms with Crippen molar-refractivity contribution in [2.45, 2.75) is 13.0 Å². The summed E-state index contributed by atoms with van der Waals surface area (Å²) >= 11 is 0. The summed E-state index contributed by atoms with van der Waals surface area (Å²) in [5.74, 6) is -0.925. The minimum Gasteiger partial charge on any atom is -0.478 e. The average molecular weight is 265 g/mol. The molecule has 3 heteroatoms. The molecule has 20 heavy (non-hydrogen) atoms. The van der Waals surface area contributed by atoms with Gasteiger partial charge in [-0.2, -0.15) is 0 Å². The van der Waals surface area contributed by atoms with E-state index in [4.69, 9.17) is 5.11 Å². The first-order chi connectivity index (χ1) is 9.68. The van der Waals surface area contributed by atoms with Gasteiger partial charge in [-0.05, 0) is 18.6 Å². The summed E-state index contributed by atoms with van der Waals surface area (Å²) in [7, 11) is 0. The maximum absolute atomic E-state index is 10.9. The molecule has 1 aromatic heterocycles. The zero-order valence-electron chi connectivity index (χ0n) is 11.0. The molecule has 0 aliphatic rings. The highest BCUT2D eigenvalue weighted by Crippen LogP contribution is 2.29. The quantitative estimate of drug-likeness (QED) is 0.728. The van der Waals surface area contributed by atoms with Gasteiger partial charge in [0.25, 0.3) is 0 Å². The van der Waals surface area contributed by atoms with Crippen molar-refractivity contribution in [1.82, 2.24) is 4.57 Å². The van der Waals surface area contributed by atoms with Gasteiger partial charge in [-0.3, -0.25) is 0 Å². The topological polar surface area (TPSA) is 42.2 Å². The lowest BCUT2D eigenvalue weighted by Gasteiger charge is -2.07. The van der Waals surface area contributed by atoms with Crippen LogP contribution in [-0.2, 0) is 11.3 Å². The van der Waals surface area contributed by atoms with Crippen LogP contribution in [0.25, 0.3) is 21.8 Å². The normalized spacial score (nSPS) is 11.0. The smallest absolute Gasteiger partial charge is 0.331 e. The molecular weight excluding hydrogens is 250 g/mol. The van der Waals surface area contributed by atoms with Crippen molar-refractivity contribution in [3.63, 3.8) is 0 Å². The number of aliphatic carboxylic acids is 1. The third-order valence-corrected chi connectivity index (χ3v) is 3.62. The maximum Gasteiger partial charge on any atom is 0.331 e. The molecule has 0 aliphatic carbocycles. The van der Waals surface area contributed by atoms with Crippen LogP contribution >= 0.6 is 0 Å². The second kappa shape index (κ2) is 4.85. The Morgan fingerprint density at radius 3 is 2.00 bits per heavy atom. The SMILES string of the molecule is C=C(CCn1c2ccccc2c2ccccc21)C(=O)O. The second-order valence-corrected chi connectivity index (χ2v) is 4.84. The third kappa shape index (κ3) is 1.97. The molecule has 0 aliphatic heterocycles. The fourth-order valence-corrected chi connectivity index (χ4v) is 2.60. The van der Waals surface area contributed by atoms with Gasteiger partial charge in [0.15, 0.2) is 0 Å². The van der Waals surface area contributed by atoms with E-state index < -0.39 is 5.97 Å². The van der Waals surface area contributed by atoms with Gasteiger partial charge in [0.2, 0.25) is 0 Å². The summed E-state index contributed by atoms with van der Waals surface area (Å²) in [6.07, 6.45) is 0.442. The van der Waals surface area contributed by atoms with Gasteiger partial charge in [0.1, 0.15) is 0 Å². The highest BCUT2D eigenvalue weighted by atomic mass is 16.4. The Labute approximate surface area is 116 Å². The van der Waals surface area contributed by atoms with Crippen molar-refractivity contribution in [3.8, 4) is 0 Å². The van der Waals surface area contributed by atoms with E-state index in [0.29, 0.717) is 13.0 Å². The molecule has 0 radical (unpaired) electrons. The number of aryl methyl sites for hydroxylation is 1. The van der Waals surface area contributed by atoms with Crippen LogP contribution in [0.1, 0.15) is 6.42 Å². The van der Waals surface area contributed by atoms with Gasteiger partial charge in [-0.1, -0.05) is 43.0 Å². The molecule has 0 spiro atoms. The standard InChI is InChI=1S/C17H15NO2/c1-12(17(19)20)10-11-18-15-8-4-2-6-13(15)14-7-3-5-9-16(14)18/h2-9H,1,10-11H2,(H,19,20). The summed E-state index contributed by atoms with van der Waals surface area (Å²) in [5, 5.41) is 11.3. The number of carboxylic acid groups (broad SMARTS) is 1. The van der Waals surface area contributed by atoms with Crippen LogP contribution in [0.5, 0.6) is 0 Å². The van der Waals surface area contributed by atoms with Crippen molar-refractivity contribution in [3.05, 3.63) is 60.7 Å². The van der Waals surface area contributed by atoms with Gasteiger partial charge in [0.05, 0.1) is 0 Å². The lowest BCUT2D eigenvalue weighted by Crippen LogP contribution is -2.04. The third-order valence-electron chi connectivity index (χ3n) is 3.62. The van der Waals surface area contributed by atoms with Crippen LogP contribution in [0.3, 0.4) is 0 Å². The van der Waals surface area contributed by atoms with Crippen molar-refractivity contribution in [2.24, 2.45) is 0 Å². The Kier molecular flexibility index (Phi) is 3.03. The number of carbonyl (C=O) groups is 1. The summed E-state index contributed by atoms with van der Waals surface area (Å²) in [6.45, 7) is 4.23. The zero-order valence-corrected chi connectivity index (χ0v) is 11.0. The maximum atomic E-state index is 10.9. The number of para-hydroxylation sites is 2. The molecule has 3 aromatic rings. The fourth-order valence-electron chi connectivity index (χ4n) is 2.60. The Morgan fingerprint density at radius 2 is 1.50 bits per heavy atom. The zero-order chi connectivity index (χ0) is 14.1. The molecule has 0 amide bonds. The monoisotopic (exact) mass is 265 g/mol. The van der Waals surface area contributed by atoms with E-state index in [1.165, 1.54) is 10.8 Å². The van der Waals surface area contributed by atoms with E-state index >= 15 is 0 Å². The van der Waals surface area contributed by atoms with E-state index in [9.17, 15) is 4.79 Å². The van der Waals surface area contributed by atoms with Gasteiger partial charge in [0, 0.05) is 33.9 Å². The van der Waals surface area contributed by atoms with Gasteiger partial charge < -0.3 is 9.67 Å². The Morgan fingerprint density at radius 1 is 1.00 bits per heavy atom. The largest absolute Gasteiger partial charge is 0.478 e. The van der Waals surface area contributed by atoms with Crippen molar-refractivity contribution in [1.29, 1.82) is 0 Å². The molecule has 0 bridgehead atoms. The summed E-state index contributed by atoms with van der Waals surface area (Å²) in [5.41, 5.74) is 2.51. The summed E-state index contributed by atoms with van der Waals surface area (Å²) in [4.78, 5) is 10.9.